The lowest BCUT2D eigenvalue weighted by Crippen LogP contribution is -2.25. The Hall–Kier alpha value is -0.940. The fourth-order valence-corrected chi connectivity index (χ4v) is 1.89. The van der Waals surface area contributed by atoms with Crippen LogP contribution in [0.2, 0.25) is 0 Å². The fraction of sp³-hybridized carbons (Fsp3) is 0.833. The maximum absolute atomic E-state index is 4.14. The van der Waals surface area contributed by atoms with Crippen LogP contribution in [0.1, 0.15) is 25.5 Å². The molecule has 2 rings (SSSR count). The van der Waals surface area contributed by atoms with E-state index in [1.54, 1.807) is 0 Å². The van der Waals surface area contributed by atoms with E-state index in [4.69, 9.17) is 0 Å². The number of rotatable bonds is 8. The average molecular weight is 237 g/mol. The SMILES string of the molecule is CCNCc1cn(CCN(C)CC2CC2)nn1. The average Bonchev–Trinajstić information content (AvgIpc) is 3.01. The van der Waals surface area contributed by atoms with Crippen LogP contribution >= 0.6 is 0 Å². The third-order valence-corrected chi connectivity index (χ3v) is 3.12. The largest absolute Gasteiger partial charge is 0.311 e. The van der Waals surface area contributed by atoms with Crippen molar-refractivity contribution in [1.82, 2.24) is 25.2 Å². The quantitative estimate of drug-likeness (QED) is 0.724. The van der Waals surface area contributed by atoms with Gasteiger partial charge in [0.1, 0.15) is 0 Å². The third kappa shape index (κ3) is 4.44. The lowest BCUT2D eigenvalue weighted by atomic mass is 10.4. The number of nitrogens with one attached hydrogen (secondary N) is 1. The minimum absolute atomic E-state index is 0.814. The minimum Gasteiger partial charge on any atom is -0.311 e. The molecular formula is C12H23N5. The summed E-state index contributed by atoms with van der Waals surface area (Å²) in [4.78, 5) is 2.39. The second-order valence-electron chi connectivity index (χ2n) is 4.96. The van der Waals surface area contributed by atoms with Gasteiger partial charge in [0, 0.05) is 25.8 Å². The van der Waals surface area contributed by atoms with Crippen molar-refractivity contribution in [1.29, 1.82) is 0 Å². The van der Waals surface area contributed by atoms with Gasteiger partial charge in [0.2, 0.25) is 0 Å². The molecule has 96 valence electrons. The van der Waals surface area contributed by atoms with Crippen LogP contribution in [-0.2, 0) is 13.1 Å². The summed E-state index contributed by atoms with van der Waals surface area (Å²) >= 11 is 0. The van der Waals surface area contributed by atoms with Gasteiger partial charge in [-0.3, -0.25) is 4.68 Å². The van der Waals surface area contributed by atoms with Gasteiger partial charge in [-0.15, -0.1) is 5.10 Å². The highest BCUT2D eigenvalue weighted by atomic mass is 15.4. The molecule has 1 fully saturated rings. The maximum Gasteiger partial charge on any atom is 0.0964 e. The summed E-state index contributed by atoms with van der Waals surface area (Å²) in [5.41, 5.74) is 1.02. The molecule has 5 nitrogen and oxygen atoms in total. The molecule has 0 atom stereocenters. The standard InChI is InChI=1S/C12H23N5/c1-3-13-8-12-10-17(15-14-12)7-6-16(2)9-11-4-5-11/h10-11,13H,3-9H2,1-2H3. The van der Waals surface area contributed by atoms with Crippen LogP contribution in [-0.4, -0.2) is 46.6 Å². The Labute approximate surface area is 103 Å². The van der Waals surface area contributed by atoms with E-state index in [-0.39, 0.29) is 0 Å². The highest BCUT2D eigenvalue weighted by Gasteiger charge is 2.22. The molecule has 0 bridgehead atoms. The van der Waals surface area contributed by atoms with Crippen molar-refractivity contribution in [2.45, 2.75) is 32.9 Å². The van der Waals surface area contributed by atoms with Gasteiger partial charge in [-0.1, -0.05) is 12.1 Å². The molecule has 1 aliphatic carbocycles. The maximum atomic E-state index is 4.14. The van der Waals surface area contributed by atoms with E-state index >= 15 is 0 Å². The van der Waals surface area contributed by atoms with E-state index in [1.807, 2.05) is 10.9 Å². The minimum atomic E-state index is 0.814. The molecule has 1 heterocycles. The number of hydrogen-bond donors (Lipinski definition) is 1. The van der Waals surface area contributed by atoms with Crippen molar-refractivity contribution >= 4 is 0 Å². The molecule has 0 aliphatic heterocycles. The summed E-state index contributed by atoms with van der Waals surface area (Å²) in [6.07, 6.45) is 4.87. The molecule has 1 aliphatic rings. The molecule has 1 saturated carbocycles. The lowest BCUT2D eigenvalue weighted by Gasteiger charge is -2.15. The van der Waals surface area contributed by atoms with Crippen molar-refractivity contribution in [2.75, 3.05) is 26.7 Å². The van der Waals surface area contributed by atoms with Crippen LogP contribution in [0.3, 0.4) is 0 Å². The Morgan fingerprint density at radius 2 is 2.35 bits per heavy atom. The van der Waals surface area contributed by atoms with Crippen LogP contribution < -0.4 is 5.32 Å². The molecular weight excluding hydrogens is 214 g/mol. The predicted molar refractivity (Wildman–Crippen MR) is 67.6 cm³/mol. The van der Waals surface area contributed by atoms with Crippen molar-refractivity contribution < 1.29 is 0 Å². The Morgan fingerprint density at radius 3 is 3.06 bits per heavy atom. The molecule has 0 spiro atoms. The molecule has 5 heteroatoms. The van der Waals surface area contributed by atoms with Crippen LogP contribution in [0.5, 0.6) is 0 Å². The first-order chi connectivity index (χ1) is 8.28. The number of aromatic nitrogens is 3. The molecule has 0 unspecified atom stereocenters. The number of hydrogen-bond acceptors (Lipinski definition) is 4. The molecule has 17 heavy (non-hydrogen) atoms. The topological polar surface area (TPSA) is 46.0 Å². The first-order valence-corrected chi connectivity index (χ1v) is 6.56. The van der Waals surface area contributed by atoms with Crippen molar-refractivity contribution in [2.24, 2.45) is 5.92 Å². The number of likely N-dealkylation sites (N-methyl/N-ethyl adjacent to an activating group) is 1. The lowest BCUT2D eigenvalue weighted by molar-refractivity contribution is 0.299. The van der Waals surface area contributed by atoms with Gasteiger partial charge in [-0.2, -0.15) is 0 Å². The molecule has 0 amide bonds. The van der Waals surface area contributed by atoms with Gasteiger partial charge in [0.05, 0.1) is 12.2 Å². The fourth-order valence-electron chi connectivity index (χ4n) is 1.89. The number of nitrogens with zero attached hydrogens (tertiary/aromatic N) is 4. The zero-order chi connectivity index (χ0) is 12.1. The first-order valence-electron chi connectivity index (χ1n) is 6.56. The van der Waals surface area contributed by atoms with Gasteiger partial charge >= 0.3 is 0 Å². The van der Waals surface area contributed by atoms with Crippen molar-refractivity contribution in [3.8, 4) is 0 Å². The zero-order valence-electron chi connectivity index (χ0n) is 10.9. The van der Waals surface area contributed by atoms with Gasteiger partial charge in [-0.05, 0) is 32.4 Å². The van der Waals surface area contributed by atoms with Crippen LogP contribution in [0.25, 0.3) is 0 Å². The van der Waals surface area contributed by atoms with E-state index < -0.39 is 0 Å². The second-order valence-corrected chi connectivity index (χ2v) is 4.96. The van der Waals surface area contributed by atoms with E-state index in [0.717, 1.165) is 37.8 Å². The highest BCUT2D eigenvalue weighted by Crippen LogP contribution is 2.29. The first kappa shape index (κ1) is 12.5. The highest BCUT2D eigenvalue weighted by molar-refractivity contribution is 4.91. The van der Waals surface area contributed by atoms with E-state index in [0.29, 0.717) is 0 Å². The van der Waals surface area contributed by atoms with Crippen LogP contribution in [0, 0.1) is 5.92 Å². The van der Waals surface area contributed by atoms with E-state index in [1.165, 1.54) is 19.4 Å². The summed E-state index contributed by atoms with van der Waals surface area (Å²) < 4.78 is 1.94. The van der Waals surface area contributed by atoms with Crippen LogP contribution in [0.4, 0.5) is 0 Å². The predicted octanol–water partition coefficient (Wildman–Crippen LogP) is 0.729. The Kier molecular flexibility index (Phi) is 4.50. The molecule has 0 aromatic carbocycles. The summed E-state index contributed by atoms with van der Waals surface area (Å²) in [7, 11) is 2.19. The molecule has 0 saturated heterocycles. The van der Waals surface area contributed by atoms with Gasteiger partial charge < -0.3 is 10.2 Å². The van der Waals surface area contributed by atoms with Crippen molar-refractivity contribution in [3.63, 3.8) is 0 Å². The molecule has 1 aromatic heterocycles. The monoisotopic (exact) mass is 237 g/mol. The Bertz CT molecular complexity index is 331. The normalized spacial score (nSPS) is 15.7. The molecule has 1 N–H and O–H groups in total. The van der Waals surface area contributed by atoms with Gasteiger partial charge in [0.15, 0.2) is 0 Å². The third-order valence-electron chi connectivity index (χ3n) is 3.12. The van der Waals surface area contributed by atoms with E-state index in [9.17, 15) is 0 Å². The van der Waals surface area contributed by atoms with E-state index in [2.05, 4.69) is 34.5 Å². The summed E-state index contributed by atoms with van der Waals surface area (Å²) in [6.45, 7) is 7.10. The summed E-state index contributed by atoms with van der Waals surface area (Å²) in [6, 6.07) is 0. The van der Waals surface area contributed by atoms with Gasteiger partial charge in [-0.25, -0.2) is 0 Å². The Balaban J connectivity index is 1.68. The van der Waals surface area contributed by atoms with Gasteiger partial charge in [0.25, 0.3) is 0 Å². The smallest absolute Gasteiger partial charge is 0.0964 e. The second kappa shape index (κ2) is 6.12. The Morgan fingerprint density at radius 1 is 1.53 bits per heavy atom. The van der Waals surface area contributed by atoms with Crippen LogP contribution in [0.15, 0.2) is 6.20 Å². The summed E-state index contributed by atoms with van der Waals surface area (Å²) in [5, 5.41) is 11.5. The molecule has 1 aromatic rings. The summed E-state index contributed by atoms with van der Waals surface area (Å²) in [5.74, 6) is 0.958. The van der Waals surface area contributed by atoms with Crippen molar-refractivity contribution in [3.05, 3.63) is 11.9 Å². The molecule has 0 radical (unpaired) electrons. The zero-order valence-corrected chi connectivity index (χ0v) is 10.9.